The summed E-state index contributed by atoms with van der Waals surface area (Å²) in [7, 11) is 0. The summed E-state index contributed by atoms with van der Waals surface area (Å²) in [6.45, 7) is 2.79. The molecule has 2 saturated heterocycles. The largest absolute Gasteiger partial charge is 0.416 e. The van der Waals surface area contributed by atoms with Gasteiger partial charge < -0.3 is 14.7 Å². The third-order valence-electron chi connectivity index (χ3n) is 6.28. The Hall–Kier alpha value is -2.74. The van der Waals surface area contributed by atoms with Crippen molar-refractivity contribution in [3.05, 3.63) is 64.7 Å². The zero-order valence-corrected chi connectivity index (χ0v) is 18.8. The van der Waals surface area contributed by atoms with E-state index in [9.17, 15) is 22.8 Å². The summed E-state index contributed by atoms with van der Waals surface area (Å²) in [6.07, 6.45) is -2.92. The molecule has 1 unspecified atom stereocenters. The first-order chi connectivity index (χ1) is 15.7. The number of anilines is 1. The molecule has 0 saturated carbocycles. The molecule has 2 aromatic rings. The molecule has 0 bridgehead atoms. The molecule has 0 aliphatic carbocycles. The minimum Gasteiger partial charge on any atom is -0.368 e. The number of hydrogen-bond acceptors (Lipinski definition) is 3. The Morgan fingerprint density at radius 2 is 1.61 bits per heavy atom. The molecule has 2 amide bonds. The number of nitrogens with zero attached hydrogens (tertiary/aromatic N) is 3. The number of piperazine rings is 1. The van der Waals surface area contributed by atoms with Gasteiger partial charge in [-0.1, -0.05) is 17.7 Å². The summed E-state index contributed by atoms with van der Waals surface area (Å²) in [5.74, 6) is -0.374. The van der Waals surface area contributed by atoms with Gasteiger partial charge >= 0.3 is 6.18 Å². The van der Waals surface area contributed by atoms with Crippen LogP contribution < -0.4 is 4.90 Å². The van der Waals surface area contributed by atoms with E-state index >= 15 is 0 Å². The van der Waals surface area contributed by atoms with Crippen LogP contribution in [0.3, 0.4) is 0 Å². The van der Waals surface area contributed by atoms with Gasteiger partial charge in [0.05, 0.1) is 11.5 Å². The Morgan fingerprint density at radius 1 is 0.909 bits per heavy atom. The molecule has 33 heavy (non-hydrogen) atoms. The van der Waals surface area contributed by atoms with Crippen LogP contribution in [0.15, 0.2) is 48.5 Å². The van der Waals surface area contributed by atoms with Crippen molar-refractivity contribution in [2.45, 2.75) is 19.0 Å². The number of likely N-dealkylation sites (tertiary alicyclic amines) is 1. The van der Waals surface area contributed by atoms with Crippen LogP contribution in [0.4, 0.5) is 18.9 Å². The van der Waals surface area contributed by atoms with E-state index in [4.69, 9.17) is 11.6 Å². The molecule has 0 N–H and O–H groups in total. The van der Waals surface area contributed by atoms with Crippen molar-refractivity contribution in [1.82, 2.24) is 9.80 Å². The lowest BCUT2D eigenvalue weighted by atomic mass is 9.95. The summed E-state index contributed by atoms with van der Waals surface area (Å²) >= 11 is 5.90. The maximum absolute atomic E-state index is 13.1. The number of carbonyl (C=O) groups excluding carboxylic acids is 2. The lowest BCUT2D eigenvalue weighted by Crippen LogP contribution is -2.53. The second kappa shape index (κ2) is 9.63. The van der Waals surface area contributed by atoms with E-state index in [2.05, 4.69) is 0 Å². The summed E-state index contributed by atoms with van der Waals surface area (Å²) in [5.41, 5.74) is 0.377. The molecule has 0 radical (unpaired) electrons. The molecule has 9 heteroatoms. The number of alkyl halides is 3. The number of halogens is 4. The highest BCUT2D eigenvalue weighted by Gasteiger charge is 2.34. The van der Waals surface area contributed by atoms with E-state index in [1.807, 2.05) is 4.90 Å². The number of piperidine rings is 1. The van der Waals surface area contributed by atoms with Gasteiger partial charge in [-0.3, -0.25) is 9.59 Å². The average molecular weight is 480 g/mol. The monoisotopic (exact) mass is 479 g/mol. The topological polar surface area (TPSA) is 43.9 Å². The number of benzene rings is 2. The lowest BCUT2D eigenvalue weighted by Gasteiger charge is -2.40. The molecule has 2 aliphatic rings. The highest BCUT2D eigenvalue weighted by atomic mass is 35.5. The first-order valence-electron chi connectivity index (χ1n) is 11.0. The van der Waals surface area contributed by atoms with Crippen LogP contribution in [0.1, 0.15) is 28.8 Å². The lowest BCUT2D eigenvalue weighted by molar-refractivity contribution is -0.138. The van der Waals surface area contributed by atoms with Gasteiger partial charge in [-0.25, -0.2) is 0 Å². The van der Waals surface area contributed by atoms with Crippen molar-refractivity contribution >= 4 is 29.1 Å². The highest BCUT2D eigenvalue weighted by molar-refractivity contribution is 6.30. The summed E-state index contributed by atoms with van der Waals surface area (Å²) < 4.78 is 39.1. The van der Waals surface area contributed by atoms with Crippen molar-refractivity contribution in [3.8, 4) is 0 Å². The predicted octanol–water partition coefficient (Wildman–Crippen LogP) is 4.56. The molecule has 2 aliphatic heterocycles. The Morgan fingerprint density at radius 3 is 2.27 bits per heavy atom. The Labute approximate surface area is 195 Å². The fourth-order valence-electron chi connectivity index (χ4n) is 4.46. The quantitative estimate of drug-likeness (QED) is 0.648. The van der Waals surface area contributed by atoms with Gasteiger partial charge in [-0.05, 0) is 55.3 Å². The Balaban J connectivity index is 1.35. The fourth-order valence-corrected chi connectivity index (χ4v) is 4.59. The van der Waals surface area contributed by atoms with Gasteiger partial charge in [0.1, 0.15) is 0 Å². The first-order valence-corrected chi connectivity index (χ1v) is 11.4. The Kier molecular flexibility index (Phi) is 6.83. The van der Waals surface area contributed by atoms with E-state index in [-0.39, 0.29) is 17.7 Å². The fraction of sp³-hybridized carbons (Fsp3) is 0.417. The first kappa shape index (κ1) is 23.4. The second-order valence-electron chi connectivity index (χ2n) is 8.46. The van der Waals surface area contributed by atoms with Crippen molar-refractivity contribution in [2.24, 2.45) is 5.92 Å². The number of carbonyl (C=O) groups is 2. The van der Waals surface area contributed by atoms with Crippen LogP contribution in [-0.4, -0.2) is 60.9 Å². The van der Waals surface area contributed by atoms with Crippen LogP contribution in [0.2, 0.25) is 5.02 Å². The molecule has 176 valence electrons. The third kappa shape index (κ3) is 5.43. The van der Waals surface area contributed by atoms with Crippen molar-refractivity contribution in [1.29, 1.82) is 0 Å². The van der Waals surface area contributed by atoms with Gasteiger partial charge in [-0.15, -0.1) is 0 Å². The van der Waals surface area contributed by atoms with Gasteiger partial charge in [0.25, 0.3) is 5.91 Å². The summed E-state index contributed by atoms with van der Waals surface area (Å²) in [5, 5.41) is 0.558. The maximum Gasteiger partial charge on any atom is 0.416 e. The van der Waals surface area contributed by atoms with E-state index < -0.39 is 11.7 Å². The van der Waals surface area contributed by atoms with Crippen LogP contribution in [0, 0.1) is 5.92 Å². The smallest absolute Gasteiger partial charge is 0.368 e. The van der Waals surface area contributed by atoms with Crippen molar-refractivity contribution < 1.29 is 22.8 Å². The molecule has 0 aromatic heterocycles. The zero-order chi connectivity index (χ0) is 23.6. The number of hydrogen-bond donors (Lipinski definition) is 0. The molecule has 2 aromatic carbocycles. The van der Waals surface area contributed by atoms with E-state index in [0.717, 1.165) is 25.0 Å². The molecular weight excluding hydrogens is 455 g/mol. The standard InChI is InChI=1S/C24H25ClF3N3O2/c25-20-8-6-17(7-9-20)22(32)31-10-2-3-18(16-31)23(33)30-13-11-29(12-14-30)21-5-1-4-19(15-21)24(26,27)28/h1,4-9,15,18H,2-3,10-14,16H2. The van der Waals surface area contributed by atoms with E-state index in [1.54, 1.807) is 40.1 Å². The van der Waals surface area contributed by atoms with Gasteiger partial charge in [0.2, 0.25) is 5.91 Å². The highest BCUT2D eigenvalue weighted by Crippen LogP contribution is 2.32. The van der Waals surface area contributed by atoms with Crippen molar-refractivity contribution in [2.75, 3.05) is 44.2 Å². The van der Waals surface area contributed by atoms with Gasteiger partial charge in [-0.2, -0.15) is 13.2 Å². The predicted molar refractivity (Wildman–Crippen MR) is 120 cm³/mol. The number of rotatable bonds is 3. The zero-order valence-electron chi connectivity index (χ0n) is 18.0. The molecule has 1 atom stereocenters. The molecular formula is C24H25ClF3N3O2. The third-order valence-corrected chi connectivity index (χ3v) is 6.53. The molecule has 0 spiro atoms. The second-order valence-corrected chi connectivity index (χ2v) is 8.89. The van der Waals surface area contributed by atoms with Crippen molar-refractivity contribution in [3.63, 3.8) is 0 Å². The number of amides is 2. The van der Waals surface area contributed by atoms with Crippen LogP contribution >= 0.6 is 11.6 Å². The van der Waals surface area contributed by atoms with Crippen LogP contribution in [-0.2, 0) is 11.0 Å². The maximum atomic E-state index is 13.1. The minimum absolute atomic E-state index is 0.00676. The van der Waals surface area contributed by atoms with Gasteiger partial charge in [0, 0.05) is 55.5 Å². The van der Waals surface area contributed by atoms with E-state index in [0.29, 0.717) is 55.5 Å². The molecule has 2 fully saturated rings. The SMILES string of the molecule is O=C(c1ccc(Cl)cc1)N1CCCC(C(=O)N2CCN(c3cccc(C(F)(F)F)c3)CC2)C1. The molecule has 5 nitrogen and oxygen atoms in total. The van der Waals surface area contributed by atoms with Gasteiger partial charge in [0.15, 0.2) is 0 Å². The summed E-state index contributed by atoms with van der Waals surface area (Å²) in [6, 6.07) is 12.0. The Bertz CT molecular complexity index is 1000. The summed E-state index contributed by atoms with van der Waals surface area (Å²) in [4.78, 5) is 31.3. The average Bonchev–Trinajstić information content (AvgIpc) is 2.83. The van der Waals surface area contributed by atoms with E-state index in [1.165, 1.54) is 6.07 Å². The minimum atomic E-state index is -4.38. The molecule has 2 heterocycles. The van der Waals surface area contributed by atoms with Crippen LogP contribution in [0.25, 0.3) is 0 Å². The molecule has 4 rings (SSSR count). The normalized spacial score (nSPS) is 19.5. The van der Waals surface area contributed by atoms with Crippen LogP contribution in [0.5, 0.6) is 0 Å².